The van der Waals surface area contributed by atoms with Gasteiger partial charge >= 0.3 is 0 Å². The Morgan fingerprint density at radius 3 is 1.87 bits per heavy atom. The molecule has 1 aliphatic rings. The summed E-state index contributed by atoms with van der Waals surface area (Å²) in [7, 11) is 0. The van der Waals surface area contributed by atoms with Gasteiger partial charge in [0.2, 0.25) is 0 Å². The zero-order valence-electron chi connectivity index (χ0n) is 21.7. The predicted octanol–water partition coefficient (Wildman–Crippen LogP) is 8.52. The lowest BCUT2D eigenvalue weighted by atomic mass is 9.83. The van der Waals surface area contributed by atoms with Crippen molar-refractivity contribution in [2.24, 2.45) is 11.8 Å². The minimum absolute atomic E-state index is 0.592. The van der Waals surface area contributed by atoms with Crippen LogP contribution in [0, 0.1) is 11.8 Å². The fourth-order valence-corrected chi connectivity index (χ4v) is 5.14. The molecule has 0 N–H and O–H groups in total. The third kappa shape index (κ3) is 6.22. The third-order valence-electron chi connectivity index (χ3n) is 7.42. The first-order valence-electron chi connectivity index (χ1n) is 12.6. The average Bonchev–Trinajstić information content (AvgIpc) is 2.70. The van der Waals surface area contributed by atoms with E-state index in [2.05, 4.69) is 92.3 Å². The van der Waals surface area contributed by atoms with Crippen LogP contribution in [0.2, 0.25) is 0 Å². The Morgan fingerprint density at radius 2 is 1.33 bits per heavy atom. The molecule has 0 aromatic heterocycles. The minimum atomic E-state index is 0.592. The molecule has 1 nitrogen and oxygen atoms in total. The van der Waals surface area contributed by atoms with Crippen molar-refractivity contribution in [1.82, 2.24) is 4.90 Å². The van der Waals surface area contributed by atoms with Gasteiger partial charge in [-0.25, -0.2) is 0 Å². The highest BCUT2D eigenvalue weighted by Crippen LogP contribution is 2.34. The van der Waals surface area contributed by atoms with Gasteiger partial charge < -0.3 is 0 Å². The maximum absolute atomic E-state index is 2.75. The first kappa shape index (κ1) is 25.2. The normalized spacial score (nSPS) is 18.2. The molecular weight excluding hydrogens is 362 g/mol. The average molecular weight is 412 g/mol. The van der Waals surface area contributed by atoms with E-state index in [1.807, 2.05) is 0 Å². The van der Waals surface area contributed by atoms with Crippen LogP contribution in [0.1, 0.15) is 123 Å². The molecule has 0 aliphatic carbocycles. The van der Waals surface area contributed by atoms with Gasteiger partial charge in [-0.05, 0) is 72.5 Å². The highest BCUT2D eigenvalue weighted by molar-refractivity contribution is 5.37. The van der Waals surface area contributed by atoms with Gasteiger partial charge in [0, 0.05) is 19.1 Å². The number of hydrogen-bond donors (Lipinski definition) is 0. The van der Waals surface area contributed by atoms with Crippen molar-refractivity contribution >= 4 is 0 Å². The molecule has 0 bridgehead atoms. The number of benzene rings is 1. The van der Waals surface area contributed by atoms with Gasteiger partial charge in [-0.3, -0.25) is 4.90 Å². The Kier molecular flexibility index (Phi) is 9.22. The van der Waals surface area contributed by atoms with Crippen molar-refractivity contribution in [2.75, 3.05) is 13.1 Å². The number of rotatable bonds is 9. The van der Waals surface area contributed by atoms with Crippen molar-refractivity contribution in [2.45, 2.75) is 112 Å². The molecule has 1 heterocycles. The summed E-state index contributed by atoms with van der Waals surface area (Å²) in [5.74, 6) is 3.19. The highest BCUT2D eigenvalue weighted by Gasteiger charge is 2.26. The molecule has 0 radical (unpaired) electrons. The molecule has 30 heavy (non-hydrogen) atoms. The van der Waals surface area contributed by atoms with Crippen LogP contribution in [0.5, 0.6) is 0 Å². The fraction of sp³-hybridized carbons (Fsp3) is 0.724. The lowest BCUT2D eigenvalue weighted by Gasteiger charge is -2.38. The number of nitrogens with zero attached hydrogens (tertiary/aromatic N) is 1. The largest absolute Gasteiger partial charge is 0.296 e. The Hall–Kier alpha value is -1.08. The summed E-state index contributed by atoms with van der Waals surface area (Å²) in [5.41, 5.74) is 8.05. The number of hydrogen-bond acceptors (Lipinski definition) is 1. The van der Waals surface area contributed by atoms with Gasteiger partial charge in [0.1, 0.15) is 0 Å². The summed E-state index contributed by atoms with van der Waals surface area (Å²) in [5, 5.41) is 0. The van der Waals surface area contributed by atoms with Crippen LogP contribution >= 0.6 is 0 Å². The second-order valence-corrected chi connectivity index (χ2v) is 11.1. The first-order valence-corrected chi connectivity index (χ1v) is 12.6. The maximum Gasteiger partial charge on any atom is 0.0201 e. The minimum Gasteiger partial charge on any atom is -0.296 e. The van der Waals surface area contributed by atoms with E-state index in [0.29, 0.717) is 35.6 Å². The van der Waals surface area contributed by atoms with Crippen molar-refractivity contribution in [1.29, 1.82) is 0 Å². The molecule has 2 rings (SSSR count). The summed E-state index contributed by atoms with van der Waals surface area (Å²) in [6, 6.07) is 7.92. The molecular formula is C29H49N. The molecule has 1 aliphatic heterocycles. The second-order valence-electron chi connectivity index (χ2n) is 11.1. The Labute approximate surface area is 188 Å². The smallest absolute Gasteiger partial charge is 0.0201 e. The molecule has 1 heteroatoms. The predicted molar refractivity (Wildman–Crippen MR) is 135 cm³/mol. The van der Waals surface area contributed by atoms with E-state index in [9.17, 15) is 0 Å². The van der Waals surface area contributed by atoms with E-state index in [-0.39, 0.29) is 0 Å². The quantitative estimate of drug-likeness (QED) is 0.368. The molecule has 0 spiro atoms. The zero-order chi connectivity index (χ0) is 22.6. The molecule has 0 saturated carbocycles. The summed E-state index contributed by atoms with van der Waals surface area (Å²) in [6.07, 6.45) is 3.82. The molecule has 0 fully saturated rings. The summed E-state index contributed by atoms with van der Waals surface area (Å²) in [6.45, 7) is 26.1. The second kappa shape index (κ2) is 11.0. The molecule has 1 aromatic rings. The monoisotopic (exact) mass is 411 g/mol. The van der Waals surface area contributed by atoms with E-state index in [0.717, 1.165) is 0 Å². The Bertz CT molecular complexity index is 707. The molecule has 0 saturated heterocycles. The van der Waals surface area contributed by atoms with Crippen LogP contribution in [-0.2, 0) is 0 Å². The standard InChI is InChI=1S/C29H49N/c1-19(2)25-13-14-27(28(17-25)21(5)6)23(9)11-12-24(10)30-16-15-26(20(3)4)29(18-30)22(7)8/h13-14,17,19-24H,11-12,15-16,18H2,1-10H3. The molecule has 2 atom stereocenters. The van der Waals surface area contributed by atoms with Crippen LogP contribution < -0.4 is 0 Å². The fourth-order valence-electron chi connectivity index (χ4n) is 5.14. The Morgan fingerprint density at radius 1 is 0.700 bits per heavy atom. The van der Waals surface area contributed by atoms with Crippen molar-refractivity contribution < 1.29 is 0 Å². The molecule has 2 unspecified atom stereocenters. The van der Waals surface area contributed by atoms with Gasteiger partial charge in [0.15, 0.2) is 0 Å². The lowest BCUT2D eigenvalue weighted by molar-refractivity contribution is 0.194. The Balaban J connectivity index is 2.05. The highest BCUT2D eigenvalue weighted by atomic mass is 15.2. The molecule has 170 valence electrons. The van der Waals surface area contributed by atoms with Crippen molar-refractivity contribution in [3.8, 4) is 0 Å². The van der Waals surface area contributed by atoms with E-state index in [1.165, 1.54) is 37.9 Å². The van der Waals surface area contributed by atoms with Gasteiger partial charge in [-0.2, -0.15) is 0 Å². The SMILES string of the molecule is CC(C)C1=C(C(C)C)CN(C(C)CCC(C)c2ccc(C(C)C)cc2C(C)C)CC1. The van der Waals surface area contributed by atoms with Crippen LogP contribution in [0.3, 0.4) is 0 Å². The van der Waals surface area contributed by atoms with Crippen molar-refractivity contribution in [3.63, 3.8) is 0 Å². The topological polar surface area (TPSA) is 3.24 Å². The van der Waals surface area contributed by atoms with Crippen LogP contribution in [0.15, 0.2) is 29.3 Å². The molecule has 0 amide bonds. The first-order chi connectivity index (χ1) is 14.0. The van der Waals surface area contributed by atoms with Gasteiger partial charge in [0.25, 0.3) is 0 Å². The zero-order valence-corrected chi connectivity index (χ0v) is 21.7. The summed E-state index contributed by atoms with van der Waals surface area (Å²) < 4.78 is 0. The van der Waals surface area contributed by atoms with Gasteiger partial charge in [-0.15, -0.1) is 0 Å². The summed E-state index contributed by atoms with van der Waals surface area (Å²) >= 11 is 0. The van der Waals surface area contributed by atoms with E-state index in [4.69, 9.17) is 0 Å². The molecule has 1 aromatic carbocycles. The van der Waals surface area contributed by atoms with Crippen LogP contribution in [-0.4, -0.2) is 24.0 Å². The maximum atomic E-state index is 2.75. The van der Waals surface area contributed by atoms with Crippen molar-refractivity contribution in [3.05, 3.63) is 46.0 Å². The van der Waals surface area contributed by atoms with Gasteiger partial charge in [0.05, 0.1) is 0 Å². The van der Waals surface area contributed by atoms with E-state index < -0.39 is 0 Å². The summed E-state index contributed by atoms with van der Waals surface area (Å²) in [4.78, 5) is 2.75. The lowest BCUT2D eigenvalue weighted by Crippen LogP contribution is -2.40. The van der Waals surface area contributed by atoms with E-state index >= 15 is 0 Å². The van der Waals surface area contributed by atoms with Crippen LogP contribution in [0.25, 0.3) is 0 Å². The van der Waals surface area contributed by atoms with Gasteiger partial charge in [-0.1, -0.05) is 91.7 Å². The van der Waals surface area contributed by atoms with Crippen LogP contribution in [0.4, 0.5) is 0 Å². The van der Waals surface area contributed by atoms with E-state index in [1.54, 1.807) is 22.3 Å². The third-order valence-corrected chi connectivity index (χ3v) is 7.42.